The Labute approximate surface area is 246 Å². The molecule has 40 heavy (non-hydrogen) atoms. The third kappa shape index (κ3) is 5.69. The van der Waals surface area contributed by atoms with E-state index in [0.717, 1.165) is 16.7 Å². The molecule has 1 saturated carbocycles. The number of carboxylic acid groups (broad SMARTS) is 1. The molecular formula is C33H56O5Si2. The molecule has 0 spiro atoms. The SMILES string of the molecule is C=C(C)[C@@H]1[C@@H](C(=O)O)C[C@@H](C)[C@]2(O[Si](C)(C)C)[C@@H]3C=C(C)C(=O)[C@H]3CC(CO[Si](C(C)C)(C(C)C)C(C)C)=C[C@@H]12. The van der Waals surface area contributed by atoms with Crippen molar-refractivity contribution < 1.29 is 23.5 Å². The molecule has 3 rings (SSSR count). The van der Waals surface area contributed by atoms with Crippen LogP contribution in [0.2, 0.25) is 36.3 Å². The normalized spacial score (nSPS) is 33.0. The minimum atomic E-state index is -2.15. The van der Waals surface area contributed by atoms with Gasteiger partial charge < -0.3 is 14.0 Å². The molecule has 0 saturated heterocycles. The Hall–Kier alpha value is -1.29. The lowest BCUT2D eigenvalue weighted by atomic mass is 9.54. The molecule has 5 nitrogen and oxygen atoms in total. The Bertz CT molecular complexity index is 1040. The van der Waals surface area contributed by atoms with Gasteiger partial charge in [-0.25, -0.2) is 0 Å². The van der Waals surface area contributed by atoms with Crippen LogP contribution in [-0.4, -0.2) is 45.7 Å². The molecule has 0 aromatic rings. The van der Waals surface area contributed by atoms with Gasteiger partial charge in [-0.15, -0.1) is 0 Å². The lowest BCUT2D eigenvalue weighted by molar-refractivity contribution is -0.161. The Balaban J connectivity index is 2.27. The van der Waals surface area contributed by atoms with Gasteiger partial charge in [0.05, 0.1) is 18.1 Å². The second-order valence-electron chi connectivity index (χ2n) is 15.0. The minimum absolute atomic E-state index is 0.0321. The van der Waals surface area contributed by atoms with E-state index in [1.165, 1.54) is 0 Å². The van der Waals surface area contributed by atoms with E-state index in [1.54, 1.807) is 0 Å². The van der Waals surface area contributed by atoms with Crippen molar-refractivity contribution >= 4 is 28.4 Å². The molecule has 0 aromatic carbocycles. The van der Waals surface area contributed by atoms with Crippen molar-refractivity contribution in [3.63, 3.8) is 0 Å². The van der Waals surface area contributed by atoms with Gasteiger partial charge in [-0.3, -0.25) is 9.59 Å². The van der Waals surface area contributed by atoms with Crippen molar-refractivity contribution in [1.82, 2.24) is 0 Å². The number of fused-ring (bicyclic) bond motifs is 3. The van der Waals surface area contributed by atoms with E-state index >= 15 is 0 Å². The summed E-state index contributed by atoms with van der Waals surface area (Å²) < 4.78 is 14.4. The number of ketones is 1. The summed E-state index contributed by atoms with van der Waals surface area (Å²) in [4.78, 5) is 26.4. The molecule has 3 aliphatic carbocycles. The van der Waals surface area contributed by atoms with Crippen molar-refractivity contribution in [2.45, 2.75) is 117 Å². The van der Waals surface area contributed by atoms with E-state index in [2.05, 4.69) is 86.8 Å². The van der Waals surface area contributed by atoms with Crippen LogP contribution in [0.15, 0.2) is 35.5 Å². The molecule has 0 amide bonds. The van der Waals surface area contributed by atoms with Crippen LogP contribution in [0.3, 0.4) is 0 Å². The number of Topliss-reactive ketones (excluding diaryl/α,β-unsaturated/α-hetero) is 1. The summed E-state index contributed by atoms with van der Waals surface area (Å²) in [5.74, 6) is -1.91. The summed E-state index contributed by atoms with van der Waals surface area (Å²) in [5, 5.41) is 10.4. The number of carboxylic acids is 1. The summed E-state index contributed by atoms with van der Waals surface area (Å²) in [6, 6.07) is 0. The standard InChI is InChI=1S/C33H56O5Si2/c1-19(2)30-27(32(35)36)15-24(10)33(38-39(11,12)13)28-14-23(9)31(34)26(28)16-25(17-29(30)33)18-37-40(20(3)4,21(5)6)22(7)8/h14,17,20-22,24,26-30H,1,15-16,18H2,2-13H3,(H,35,36)/t24-,26+,27+,28-,29+,30-,33+/m1/s1. The Morgan fingerprint density at radius 2 is 1.62 bits per heavy atom. The lowest BCUT2D eigenvalue weighted by Crippen LogP contribution is -2.63. The van der Waals surface area contributed by atoms with Gasteiger partial charge in [0.15, 0.2) is 14.1 Å². The molecule has 7 atom stereocenters. The minimum Gasteiger partial charge on any atom is -0.481 e. The van der Waals surface area contributed by atoms with Crippen molar-refractivity contribution in [1.29, 1.82) is 0 Å². The molecular weight excluding hydrogens is 533 g/mol. The lowest BCUT2D eigenvalue weighted by Gasteiger charge is -2.58. The van der Waals surface area contributed by atoms with Gasteiger partial charge in [0.2, 0.25) is 8.32 Å². The zero-order chi connectivity index (χ0) is 30.5. The predicted octanol–water partition coefficient (Wildman–Crippen LogP) is 8.41. The maximum absolute atomic E-state index is 13.8. The number of hydrogen-bond donors (Lipinski definition) is 1. The number of carbonyl (C=O) groups excluding carboxylic acids is 1. The third-order valence-electron chi connectivity index (χ3n) is 10.3. The van der Waals surface area contributed by atoms with Crippen LogP contribution in [0.4, 0.5) is 0 Å². The van der Waals surface area contributed by atoms with Crippen LogP contribution in [0.25, 0.3) is 0 Å². The molecule has 0 unspecified atom stereocenters. The highest BCUT2D eigenvalue weighted by Gasteiger charge is 2.63. The molecule has 0 aliphatic heterocycles. The van der Waals surface area contributed by atoms with Gasteiger partial charge in [-0.1, -0.05) is 72.8 Å². The van der Waals surface area contributed by atoms with Crippen LogP contribution >= 0.6 is 0 Å². The molecule has 1 N–H and O–H groups in total. The predicted molar refractivity (Wildman–Crippen MR) is 169 cm³/mol. The molecule has 1 fully saturated rings. The van der Waals surface area contributed by atoms with Gasteiger partial charge in [0, 0.05) is 23.7 Å². The monoisotopic (exact) mass is 588 g/mol. The van der Waals surface area contributed by atoms with Crippen molar-refractivity contribution in [2.24, 2.45) is 35.5 Å². The second-order valence-corrected chi connectivity index (χ2v) is 24.9. The molecule has 3 aliphatic rings. The molecule has 226 valence electrons. The van der Waals surface area contributed by atoms with E-state index in [4.69, 9.17) is 8.85 Å². The first-order chi connectivity index (χ1) is 18.3. The molecule has 0 radical (unpaired) electrons. The van der Waals surface area contributed by atoms with E-state index in [9.17, 15) is 14.7 Å². The summed E-state index contributed by atoms with van der Waals surface area (Å²) in [5.41, 5.74) is 3.50. The fraction of sp³-hybridized carbons (Fsp3) is 0.758. The summed E-state index contributed by atoms with van der Waals surface area (Å²) in [6.45, 7) is 31.3. The zero-order valence-corrected chi connectivity index (χ0v) is 29.3. The van der Waals surface area contributed by atoms with Crippen LogP contribution in [0, 0.1) is 35.5 Å². The molecule has 7 heteroatoms. The van der Waals surface area contributed by atoms with Crippen molar-refractivity contribution in [3.05, 3.63) is 35.5 Å². The first kappa shape index (κ1) is 33.2. The van der Waals surface area contributed by atoms with Crippen molar-refractivity contribution in [2.75, 3.05) is 6.61 Å². The number of aliphatic carboxylic acids is 1. The van der Waals surface area contributed by atoms with E-state index < -0.39 is 34.1 Å². The van der Waals surface area contributed by atoms with Gasteiger partial charge in [0.25, 0.3) is 0 Å². The van der Waals surface area contributed by atoms with Crippen LogP contribution in [-0.2, 0) is 18.4 Å². The molecule has 0 heterocycles. The first-order valence-electron chi connectivity index (χ1n) is 15.5. The van der Waals surface area contributed by atoms with Crippen LogP contribution in [0.5, 0.6) is 0 Å². The first-order valence-corrected chi connectivity index (χ1v) is 21.0. The smallest absolute Gasteiger partial charge is 0.307 e. The Morgan fingerprint density at radius 1 is 1.07 bits per heavy atom. The van der Waals surface area contributed by atoms with E-state index in [1.807, 2.05) is 13.8 Å². The van der Waals surface area contributed by atoms with Crippen LogP contribution < -0.4 is 0 Å². The second kappa shape index (κ2) is 11.8. The van der Waals surface area contributed by atoms with Crippen molar-refractivity contribution in [3.8, 4) is 0 Å². The number of carbonyl (C=O) groups is 2. The number of rotatable bonds is 10. The van der Waals surface area contributed by atoms with Gasteiger partial charge in [-0.05, 0) is 80.0 Å². The Kier molecular flexibility index (Phi) is 9.78. The molecule has 0 aromatic heterocycles. The van der Waals surface area contributed by atoms with Gasteiger partial charge in [0.1, 0.15) is 0 Å². The average Bonchev–Trinajstić information content (AvgIpc) is 3.00. The molecule has 0 bridgehead atoms. The maximum atomic E-state index is 13.8. The fourth-order valence-electron chi connectivity index (χ4n) is 9.04. The quantitative estimate of drug-likeness (QED) is 0.205. The summed E-state index contributed by atoms with van der Waals surface area (Å²) >= 11 is 0. The highest BCUT2D eigenvalue weighted by molar-refractivity contribution is 6.77. The number of allylic oxidation sites excluding steroid dienone is 2. The largest absolute Gasteiger partial charge is 0.481 e. The topological polar surface area (TPSA) is 72.8 Å². The third-order valence-corrected chi connectivity index (χ3v) is 17.3. The maximum Gasteiger partial charge on any atom is 0.307 e. The van der Waals surface area contributed by atoms with Crippen LogP contribution in [0.1, 0.15) is 75.2 Å². The van der Waals surface area contributed by atoms with Gasteiger partial charge in [-0.2, -0.15) is 0 Å². The zero-order valence-electron chi connectivity index (χ0n) is 27.3. The van der Waals surface area contributed by atoms with Gasteiger partial charge >= 0.3 is 5.97 Å². The highest BCUT2D eigenvalue weighted by atomic mass is 28.4. The summed E-state index contributed by atoms with van der Waals surface area (Å²) in [7, 11) is -4.28. The van der Waals surface area contributed by atoms with E-state index in [-0.39, 0.29) is 35.4 Å². The Morgan fingerprint density at radius 3 is 2.08 bits per heavy atom. The highest BCUT2D eigenvalue weighted by Crippen LogP contribution is 2.60. The van der Waals surface area contributed by atoms with E-state index in [0.29, 0.717) is 36.1 Å². The number of hydrogen-bond acceptors (Lipinski definition) is 4. The average molecular weight is 589 g/mol. The fourth-order valence-corrected chi connectivity index (χ4v) is 16.0. The summed E-state index contributed by atoms with van der Waals surface area (Å²) in [6.07, 6.45) is 5.62.